The second kappa shape index (κ2) is 11.4. The number of amides is 1. The van der Waals surface area contributed by atoms with E-state index in [2.05, 4.69) is 28.1 Å². The molecule has 1 aromatic carbocycles. The van der Waals surface area contributed by atoms with Crippen molar-refractivity contribution in [3.8, 4) is 11.2 Å². The van der Waals surface area contributed by atoms with E-state index in [0.717, 1.165) is 6.92 Å². The molecule has 1 aliphatic heterocycles. The molecule has 0 unspecified atom stereocenters. The summed E-state index contributed by atoms with van der Waals surface area (Å²) in [4.78, 5) is 20.3. The van der Waals surface area contributed by atoms with Gasteiger partial charge in [0, 0.05) is 77.7 Å². The fourth-order valence-corrected chi connectivity index (χ4v) is 3.29. The highest BCUT2D eigenvalue weighted by molar-refractivity contribution is 14.2. The van der Waals surface area contributed by atoms with Crippen LogP contribution in [0.5, 0.6) is 0 Å². The average Bonchev–Trinajstić information content (AvgIpc) is 2.72. The molecule has 5 nitrogen and oxygen atoms in total. The molecule has 9 heteroatoms. The summed E-state index contributed by atoms with van der Waals surface area (Å²) in [5.74, 6) is 0.169. The van der Waals surface area contributed by atoms with Crippen molar-refractivity contribution >= 4 is 47.6 Å². The normalized spacial score (nSPS) is 15.0. The Morgan fingerprint density at radius 2 is 1.87 bits per heavy atom. The van der Waals surface area contributed by atoms with E-state index in [1.54, 1.807) is 23.2 Å². The lowest BCUT2D eigenvalue weighted by Gasteiger charge is -2.36. The summed E-state index contributed by atoms with van der Waals surface area (Å²) in [7, 11) is 1.28. The maximum atomic E-state index is 13.4. The first-order chi connectivity index (χ1) is 14.3. The number of alkyl halides is 2. The van der Waals surface area contributed by atoms with Crippen LogP contribution in [0.15, 0.2) is 53.8 Å². The number of hydrogen-bond donors (Lipinski definition) is 1. The summed E-state index contributed by atoms with van der Waals surface area (Å²) in [6.07, 6.45) is 3.48. The molecule has 0 spiro atoms. The van der Waals surface area contributed by atoms with E-state index in [9.17, 15) is 13.6 Å². The summed E-state index contributed by atoms with van der Waals surface area (Å²) in [6.45, 7) is 9.03. The van der Waals surface area contributed by atoms with E-state index in [4.69, 9.17) is 0 Å². The van der Waals surface area contributed by atoms with Crippen molar-refractivity contribution in [3.63, 3.8) is 0 Å². The van der Waals surface area contributed by atoms with Crippen molar-refractivity contribution < 1.29 is 13.6 Å². The number of benzene rings is 1. The van der Waals surface area contributed by atoms with Crippen LogP contribution in [-0.2, 0) is 10.7 Å². The second-order valence-electron chi connectivity index (χ2n) is 6.59. The Bertz CT molecular complexity index is 877. The van der Waals surface area contributed by atoms with E-state index >= 15 is 0 Å². The van der Waals surface area contributed by atoms with Crippen LogP contribution in [0, 0.1) is 11.2 Å². The molecule has 1 aromatic rings. The summed E-state index contributed by atoms with van der Waals surface area (Å²) in [6, 6.07) is 5.95. The van der Waals surface area contributed by atoms with Gasteiger partial charge in [0.2, 0.25) is 0 Å². The van der Waals surface area contributed by atoms with Gasteiger partial charge in [0.05, 0.1) is 5.70 Å². The lowest BCUT2D eigenvalue weighted by atomic mass is 10.1. The molecule has 1 aliphatic rings. The van der Waals surface area contributed by atoms with Crippen LogP contribution >= 0.6 is 30.1 Å². The summed E-state index contributed by atoms with van der Waals surface area (Å²) in [5.41, 5.74) is 1.14. The lowest BCUT2D eigenvalue weighted by Crippen LogP contribution is -2.51. The van der Waals surface area contributed by atoms with Crippen molar-refractivity contribution in [1.82, 2.24) is 9.80 Å². The molecule has 30 heavy (non-hydrogen) atoms. The third kappa shape index (κ3) is 7.02. The SMILES string of the molecule is C=C(Nc1ccc(C(C)(F)F)cc1)C(=N/C=C\C)N1CCN(C(=O)C#CSI)CC1. The minimum absolute atomic E-state index is 0.0497. The van der Waals surface area contributed by atoms with E-state index in [1.165, 1.54) is 21.1 Å². The molecule has 0 atom stereocenters. The number of carbonyl (C=O) groups excluding carboxylic acids is 1. The van der Waals surface area contributed by atoms with Gasteiger partial charge >= 0.3 is 0 Å². The topological polar surface area (TPSA) is 47.9 Å². The first-order valence-electron chi connectivity index (χ1n) is 9.22. The third-order valence-corrected chi connectivity index (χ3v) is 5.21. The first kappa shape index (κ1) is 24.2. The number of halogens is 3. The fourth-order valence-electron chi connectivity index (χ4n) is 2.84. The molecule has 0 aromatic heterocycles. The van der Waals surface area contributed by atoms with Crippen LogP contribution in [0.2, 0.25) is 0 Å². The van der Waals surface area contributed by atoms with Crippen LogP contribution in [-0.4, -0.2) is 47.7 Å². The van der Waals surface area contributed by atoms with Crippen molar-refractivity contribution in [2.45, 2.75) is 19.8 Å². The second-order valence-corrected chi connectivity index (χ2v) is 8.27. The molecule has 1 heterocycles. The molecule has 1 N–H and O–H groups in total. The van der Waals surface area contributed by atoms with E-state index in [0.29, 0.717) is 43.4 Å². The molecular weight excluding hydrogens is 521 g/mol. The maximum absolute atomic E-state index is 13.4. The molecular formula is C21H23F2IN4OS. The number of carbonyl (C=O) groups is 1. The Kier molecular flexibility index (Phi) is 9.17. The Morgan fingerprint density at radius 1 is 1.27 bits per heavy atom. The minimum atomic E-state index is -2.88. The molecule has 0 aliphatic carbocycles. The third-order valence-electron chi connectivity index (χ3n) is 4.37. The zero-order valence-corrected chi connectivity index (χ0v) is 19.8. The first-order valence-corrected chi connectivity index (χ1v) is 12.6. The van der Waals surface area contributed by atoms with E-state index in [1.807, 2.05) is 39.1 Å². The van der Waals surface area contributed by atoms with Crippen LogP contribution in [0.25, 0.3) is 0 Å². The van der Waals surface area contributed by atoms with Crippen LogP contribution in [0.1, 0.15) is 19.4 Å². The number of piperazine rings is 1. The maximum Gasteiger partial charge on any atom is 0.299 e. The van der Waals surface area contributed by atoms with Crippen LogP contribution < -0.4 is 5.32 Å². The highest BCUT2D eigenvalue weighted by Gasteiger charge is 2.25. The van der Waals surface area contributed by atoms with Gasteiger partial charge in [-0.2, -0.15) is 0 Å². The van der Waals surface area contributed by atoms with Gasteiger partial charge < -0.3 is 15.1 Å². The number of rotatable bonds is 5. The van der Waals surface area contributed by atoms with Gasteiger partial charge in [0.25, 0.3) is 11.8 Å². The highest BCUT2D eigenvalue weighted by atomic mass is 127. The molecule has 0 saturated carbocycles. The fraction of sp³-hybridized carbons (Fsp3) is 0.333. The summed E-state index contributed by atoms with van der Waals surface area (Å²) in [5, 5.41) is 5.85. The Labute approximate surface area is 192 Å². The van der Waals surface area contributed by atoms with Crippen molar-refractivity contribution in [2.75, 3.05) is 31.5 Å². The smallest absolute Gasteiger partial charge is 0.299 e. The predicted molar refractivity (Wildman–Crippen MR) is 129 cm³/mol. The monoisotopic (exact) mass is 544 g/mol. The standard InChI is InChI=1S/C21H23F2IN4OS/c1-4-10-25-20(28-13-11-27(12-14-28)19(29)9-15-30-24)16(2)26-18-7-5-17(6-8-18)21(3,22)23/h4-8,10,26H,2,11-14H2,1,3H3/b10-4-,25-20?. The quantitative estimate of drug-likeness (QED) is 0.250. The van der Waals surface area contributed by atoms with Crippen LogP contribution in [0.3, 0.4) is 0 Å². The van der Waals surface area contributed by atoms with E-state index < -0.39 is 5.92 Å². The van der Waals surface area contributed by atoms with Gasteiger partial charge in [-0.3, -0.25) is 4.79 Å². The van der Waals surface area contributed by atoms with E-state index in [-0.39, 0.29) is 11.5 Å². The number of amidine groups is 1. The number of hydrogen-bond acceptors (Lipinski definition) is 4. The molecule has 160 valence electrons. The number of anilines is 1. The minimum Gasteiger partial charge on any atom is -0.353 e. The number of allylic oxidation sites excluding steroid dienone is 1. The molecule has 0 bridgehead atoms. The highest BCUT2D eigenvalue weighted by Crippen LogP contribution is 2.28. The lowest BCUT2D eigenvalue weighted by molar-refractivity contribution is -0.126. The Balaban J connectivity index is 2.07. The Hall–Kier alpha value is -2.06. The van der Waals surface area contributed by atoms with Gasteiger partial charge in [0.1, 0.15) is 0 Å². The Morgan fingerprint density at radius 3 is 2.40 bits per heavy atom. The molecule has 2 rings (SSSR count). The van der Waals surface area contributed by atoms with Gasteiger partial charge in [-0.1, -0.05) is 24.8 Å². The van der Waals surface area contributed by atoms with Gasteiger partial charge in [-0.15, -0.1) is 0 Å². The van der Waals surface area contributed by atoms with Crippen molar-refractivity contribution in [3.05, 3.63) is 54.4 Å². The average molecular weight is 544 g/mol. The van der Waals surface area contributed by atoms with Crippen LogP contribution in [0.4, 0.5) is 14.5 Å². The zero-order chi connectivity index (χ0) is 22.1. The summed E-state index contributed by atoms with van der Waals surface area (Å²) < 4.78 is 26.8. The molecule has 0 radical (unpaired) electrons. The number of nitrogens with one attached hydrogen (secondary N) is 1. The number of nitrogens with zero attached hydrogens (tertiary/aromatic N) is 3. The van der Waals surface area contributed by atoms with Gasteiger partial charge in [0.15, 0.2) is 5.84 Å². The largest absolute Gasteiger partial charge is 0.353 e. The number of aliphatic imine (C=N–C) groups is 1. The van der Waals surface area contributed by atoms with Gasteiger partial charge in [-0.25, -0.2) is 13.8 Å². The van der Waals surface area contributed by atoms with Crippen molar-refractivity contribution in [2.24, 2.45) is 4.99 Å². The molecule has 1 fully saturated rings. The molecule has 1 saturated heterocycles. The molecule has 1 amide bonds. The zero-order valence-electron chi connectivity index (χ0n) is 16.8. The predicted octanol–water partition coefficient (Wildman–Crippen LogP) is 4.84. The summed E-state index contributed by atoms with van der Waals surface area (Å²) >= 11 is 2.03. The van der Waals surface area contributed by atoms with Crippen molar-refractivity contribution in [1.29, 1.82) is 0 Å². The van der Waals surface area contributed by atoms with Gasteiger partial charge in [-0.05, 0) is 33.2 Å².